The van der Waals surface area contributed by atoms with E-state index in [-0.39, 0.29) is 23.2 Å². The first-order chi connectivity index (χ1) is 16.9. The number of carbonyl (C=O) groups is 2. The number of benzene rings is 2. The second-order valence-electron chi connectivity index (χ2n) is 7.90. The van der Waals surface area contributed by atoms with Gasteiger partial charge in [0.05, 0.1) is 18.4 Å². The zero-order valence-electron chi connectivity index (χ0n) is 19.7. The van der Waals surface area contributed by atoms with Gasteiger partial charge in [-0.3, -0.25) is 4.79 Å². The molecule has 184 valence electrons. The second-order valence-corrected chi connectivity index (χ2v) is 7.90. The van der Waals surface area contributed by atoms with Crippen molar-refractivity contribution in [3.63, 3.8) is 0 Å². The monoisotopic (exact) mass is 477 g/mol. The van der Waals surface area contributed by atoms with Gasteiger partial charge in [-0.05, 0) is 36.6 Å². The predicted octanol–water partition coefficient (Wildman–Crippen LogP) is 2.72. The van der Waals surface area contributed by atoms with Crippen molar-refractivity contribution in [3.05, 3.63) is 77.9 Å². The van der Waals surface area contributed by atoms with Gasteiger partial charge < -0.3 is 37.1 Å². The summed E-state index contributed by atoms with van der Waals surface area (Å²) in [6.45, 7) is 5.75. The van der Waals surface area contributed by atoms with Crippen LogP contribution in [0.2, 0.25) is 0 Å². The average Bonchev–Trinajstić information content (AvgIpc) is 3.39. The SMILES string of the molecule is C=C(/N=C\C(C(N)=O)=C(/N)NCc1ccccc1)Nc1ccc(OC)c(NC(=O)N2CCCC2)c1. The van der Waals surface area contributed by atoms with E-state index in [1.807, 2.05) is 30.3 Å². The summed E-state index contributed by atoms with van der Waals surface area (Å²) >= 11 is 0. The van der Waals surface area contributed by atoms with E-state index in [1.54, 1.807) is 23.1 Å². The fraction of sp³-hybridized carbons (Fsp3) is 0.240. The van der Waals surface area contributed by atoms with Crippen LogP contribution in [0.4, 0.5) is 16.2 Å². The predicted molar refractivity (Wildman–Crippen MR) is 138 cm³/mol. The Morgan fingerprint density at radius 2 is 1.83 bits per heavy atom. The van der Waals surface area contributed by atoms with Crippen molar-refractivity contribution in [1.82, 2.24) is 10.2 Å². The summed E-state index contributed by atoms with van der Waals surface area (Å²) in [5.74, 6) is 0.139. The Hall–Kier alpha value is -4.47. The van der Waals surface area contributed by atoms with E-state index in [0.29, 0.717) is 23.7 Å². The molecule has 2 aromatic carbocycles. The summed E-state index contributed by atoms with van der Waals surface area (Å²) in [4.78, 5) is 30.3. The molecular weight excluding hydrogens is 446 g/mol. The number of likely N-dealkylation sites (tertiary alicyclic amines) is 1. The molecule has 1 saturated heterocycles. The molecule has 35 heavy (non-hydrogen) atoms. The third-order valence-corrected chi connectivity index (χ3v) is 5.35. The first-order valence-electron chi connectivity index (χ1n) is 11.2. The lowest BCUT2D eigenvalue weighted by Gasteiger charge is -2.18. The Labute approximate surface area is 204 Å². The van der Waals surface area contributed by atoms with E-state index in [4.69, 9.17) is 16.2 Å². The number of nitrogens with one attached hydrogen (secondary N) is 3. The normalized spacial score (nSPS) is 13.8. The van der Waals surface area contributed by atoms with Crippen LogP contribution in [0.3, 0.4) is 0 Å². The van der Waals surface area contributed by atoms with Crippen molar-refractivity contribution in [2.75, 3.05) is 30.8 Å². The van der Waals surface area contributed by atoms with Gasteiger partial charge in [-0.25, -0.2) is 9.79 Å². The van der Waals surface area contributed by atoms with Crippen LogP contribution in [0, 0.1) is 0 Å². The zero-order valence-corrected chi connectivity index (χ0v) is 19.7. The molecule has 0 saturated carbocycles. The number of methoxy groups -OCH3 is 1. The lowest BCUT2D eigenvalue weighted by Crippen LogP contribution is -2.32. The van der Waals surface area contributed by atoms with Gasteiger partial charge in [-0.2, -0.15) is 0 Å². The molecule has 10 heteroatoms. The number of primary amides is 1. The number of hydrogen-bond donors (Lipinski definition) is 5. The molecule has 1 aliphatic heterocycles. The number of nitrogens with two attached hydrogens (primary N) is 2. The van der Waals surface area contributed by atoms with Crippen LogP contribution in [-0.4, -0.2) is 43.3 Å². The number of anilines is 2. The number of aliphatic imine (C=N–C) groups is 1. The van der Waals surface area contributed by atoms with Crippen LogP contribution in [0.15, 0.2) is 77.3 Å². The van der Waals surface area contributed by atoms with Crippen molar-refractivity contribution in [3.8, 4) is 5.75 Å². The Balaban J connectivity index is 1.66. The summed E-state index contributed by atoms with van der Waals surface area (Å²) in [7, 11) is 1.53. The van der Waals surface area contributed by atoms with Crippen LogP contribution in [0.25, 0.3) is 0 Å². The van der Waals surface area contributed by atoms with Crippen molar-refractivity contribution in [2.45, 2.75) is 19.4 Å². The summed E-state index contributed by atoms with van der Waals surface area (Å²) in [6, 6.07) is 14.6. The quantitative estimate of drug-likeness (QED) is 0.263. The Kier molecular flexibility index (Phi) is 8.71. The number of hydrogen-bond acceptors (Lipinski definition) is 7. The maximum absolute atomic E-state index is 12.5. The second kappa shape index (κ2) is 12.1. The molecule has 0 atom stereocenters. The fourth-order valence-corrected chi connectivity index (χ4v) is 3.49. The molecule has 0 unspecified atom stereocenters. The summed E-state index contributed by atoms with van der Waals surface area (Å²) < 4.78 is 5.36. The third kappa shape index (κ3) is 7.26. The zero-order chi connectivity index (χ0) is 25.2. The van der Waals surface area contributed by atoms with Gasteiger partial charge in [0.15, 0.2) is 0 Å². The number of rotatable bonds is 10. The van der Waals surface area contributed by atoms with Crippen molar-refractivity contribution in [2.24, 2.45) is 16.5 Å². The van der Waals surface area contributed by atoms with E-state index < -0.39 is 5.91 Å². The smallest absolute Gasteiger partial charge is 0.321 e. The molecular formula is C25H31N7O3. The maximum Gasteiger partial charge on any atom is 0.321 e. The average molecular weight is 478 g/mol. The Morgan fingerprint density at radius 1 is 1.11 bits per heavy atom. The van der Waals surface area contributed by atoms with E-state index in [2.05, 4.69) is 27.5 Å². The number of amides is 3. The molecule has 0 aliphatic carbocycles. The van der Waals surface area contributed by atoms with Crippen molar-refractivity contribution in [1.29, 1.82) is 0 Å². The molecule has 1 fully saturated rings. The Bertz CT molecular complexity index is 1120. The van der Waals surface area contributed by atoms with E-state index >= 15 is 0 Å². The van der Waals surface area contributed by atoms with E-state index in [9.17, 15) is 9.59 Å². The first kappa shape index (κ1) is 25.2. The van der Waals surface area contributed by atoms with Crippen LogP contribution < -0.4 is 32.2 Å². The lowest BCUT2D eigenvalue weighted by molar-refractivity contribution is -0.114. The highest BCUT2D eigenvalue weighted by Crippen LogP contribution is 2.29. The first-order valence-corrected chi connectivity index (χ1v) is 11.2. The molecule has 3 amide bonds. The highest BCUT2D eigenvalue weighted by molar-refractivity contribution is 6.12. The molecule has 2 aromatic rings. The van der Waals surface area contributed by atoms with Crippen LogP contribution in [-0.2, 0) is 11.3 Å². The topological polar surface area (TPSA) is 147 Å². The molecule has 10 nitrogen and oxygen atoms in total. The highest BCUT2D eigenvalue weighted by atomic mass is 16.5. The standard InChI is InChI=1S/C25H31N7O3/c1-17(28-16-20(24(27)33)23(26)29-15-18-8-4-3-5-9-18)30-19-10-11-22(35-2)21(14-19)31-25(34)32-12-6-7-13-32/h3-5,8-11,14,16,29-30H,1,6-7,12-13,15,26H2,2H3,(H2,27,33)(H,31,34)/b23-20-,28-16-. The maximum atomic E-state index is 12.5. The van der Waals surface area contributed by atoms with Crippen LogP contribution >= 0.6 is 0 Å². The van der Waals surface area contributed by atoms with Gasteiger partial charge in [-0.1, -0.05) is 36.9 Å². The molecule has 1 heterocycles. The number of ether oxygens (including phenoxy) is 1. The number of carbonyl (C=O) groups excluding carboxylic acids is 2. The third-order valence-electron chi connectivity index (χ3n) is 5.35. The van der Waals surface area contributed by atoms with Gasteiger partial charge in [0.2, 0.25) is 0 Å². The van der Waals surface area contributed by atoms with E-state index in [0.717, 1.165) is 31.5 Å². The van der Waals surface area contributed by atoms with E-state index in [1.165, 1.54) is 13.3 Å². The summed E-state index contributed by atoms with van der Waals surface area (Å²) in [6.07, 6.45) is 3.25. The summed E-state index contributed by atoms with van der Waals surface area (Å²) in [5, 5.41) is 8.88. The minimum Gasteiger partial charge on any atom is -0.495 e. The number of urea groups is 1. The van der Waals surface area contributed by atoms with Gasteiger partial charge in [0, 0.05) is 31.5 Å². The molecule has 7 N–H and O–H groups in total. The highest BCUT2D eigenvalue weighted by Gasteiger charge is 2.19. The molecule has 0 spiro atoms. The minimum atomic E-state index is -0.726. The summed E-state index contributed by atoms with van der Waals surface area (Å²) in [5.41, 5.74) is 13.7. The molecule has 3 rings (SSSR count). The van der Waals surface area contributed by atoms with Gasteiger partial charge >= 0.3 is 6.03 Å². The lowest BCUT2D eigenvalue weighted by atomic mass is 10.2. The van der Waals surface area contributed by atoms with Crippen molar-refractivity contribution < 1.29 is 14.3 Å². The van der Waals surface area contributed by atoms with Crippen LogP contribution in [0.1, 0.15) is 18.4 Å². The number of nitrogens with zero attached hydrogens (tertiary/aromatic N) is 2. The van der Waals surface area contributed by atoms with Crippen molar-refractivity contribution >= 4 is 29.5 Å². The minimum absolute atomic E-state index is 0.0252. The molecule has 0 aromatic heterocycles. The molecule has 0 radical (unpaired) electrons. The van der Waals surface area contributed by atoms with Gasteiger partial charge in [0.25, 0.3) is 5.91 Å². The molecule has 0 bridgehead atoms. The van der Waals surface area contributed by atoms with Gasteiger partial charge in [0.1, 0.15) is 17.4 Å². The van der Waals surface area contributed by atoms with Gasteiger partial charge in [-0.15, -0.1) is 0 Å². The largest absolute Gasteiger partial charge is 0.495 e. The fourth-order valence-electron chi connectivity index (χ4n) is 3.49. The molecule has 1 aliphatic rings. The van der Waals surface area contributed by atoms with Crippen LogP contribution in [0.5, 0.6) is 5.75 Å². The Morgan fingerprint density at radius 3 is 2.49 bits per heavy atom.